The number of urea groups is 1. The van der Waals surface area contributed by atoms with Gasteiger partial charge in [-0.1, -0.05) is 40.2 Å². The van der Waals surface area contributed by atoms with Crippen LogP contribution in [-0.4, -0.2) is 25.5 Å². The van der Waals surface area contributed by atoms with E-state index < -0.39 is 16.1 Å². The molecule has 0 unspecified atom stereocenters. The van der Waals surface area contributed by atoms with E-state index in [9.17, 15) is 13.2 Å². The van der Waals surface area contributed by atoms with Gasteiger partial charge in [-0.3, -0.25) is 4.55 Å². The molecule has 2 aromatic carbocycles. The molecule has 6 nitrogen and oxygen atoms in total. The maximum absolute atomic E-state index is 11.8. The maximum atomic E-state index is 11.8. The molecule has 0 aliphatic rings. The third-order valence-electron chi connectivity index (χ3n) is 3.03. The molecule has 0 aliphatic heterocycles. The van der Waals surface area contributed by atoms with Crippen molar-refractivity contribution in [1.29, 1.82) is 0 Å². The summed E-state index contributed by atoms with van der Waals surface area (Å²) in [5.41, 5.74) is 1.35. The quantitative estimate of drug-likeness (QED) is 0.674. The third kappa shape index (κ3) is 5.34. The molecule has 23 heavy (non-hydrogen) atoms. The average Bonchev–Trinajstić information content (AvgIpc) is 2.48. The summed E-state index contributed by atoms with van der Waals surface area (Å²) in [6.45, 7) is 0.423. The van der Waals surface area contributed by atoms with Crippen LogP contribution in [0.4, 0.5) is 10.5 Å². The lowest BCUT2D eigenvalue weighted by atomic mass is 10.1. The van der Waals surface area contributed by atoms with Gasteiger partial charge in [0.25, 0.3) is 10.1 Å². The average molecular weight is 399 g/mol. The van der Waals surface area contributed by atoms with E-state index in [0.29, 0.717) is 13.0 Å². The van der Waals surface area contributed by atoms with Gasteiger partial charge in [0.1, 0.15) is 0 Å². The maximum Gasteiger partial charge on any atom is 0.319 e. The van der Waals surface area contributed by atoms with Crippen molar-refractivity contribution in [1.82, 2.24) is 5.32 Å². The zero-order valence-corrected chi connectivity index (χ0v) is 14.4. The van der Waals surface area contributed by atoms with Crippen LogP contribution in [0.15, 0.2) is 57.9 Å². The summed E-state index contributed by atoms with van der Waals surface area (Å²) in [5.74, 6) is 0. The molecule has 0 saturated heterocycles. The second-order valence-corrected chi connectivity index (χ2v) is 7.00. The number of rotatable bonds is 5. The Morgan fingerprint density at radius 1 is 1.13 bits per heavy atom. The van der Waals surface area contributed by atoms with E-state index in [0.717, 1.165) is 10.0 Å². The highest BCUT2D eigenvalue weighted by Crippen LogP contribution is 2.16. The number of carbonyl (C=O) groups excluding carboxylic acids is 1. The van der Waals surface area contributed by atoms with E-state index in [-0.39, 0.29) is 10.6 Å². The van der Waals surface area contributed by atoms with Crippen molar-refractivity contribution in [2.75, 3.05) is 11.9 Å². The van der Waals surface area contributed by atoms with Gasteiger partial charge in [0.15, 0.2) is 0 Å². The number of hydrogen-bond donors (Lipinski definition) is 3. The van der Waals surface area contributed by atoms with E-state index in [4.69, 9.17) is 4.55 Å². The molecule has 2 rings (SSSR count). The smallest absolute Gasteiger partial charge is 0.319 e. The van der Waals surface area contributed by atoms with Crippen molar-refractivity contribution in [3.05, 3.63) is 58.6 Å². The zero-order chi connectivity index (χ0) is 16.9. The van der Waals surface area contributed by atoms with Crippen LogP contribution in [0.3, 0.4) is 0 Å². The molecule has 122 valence electrons. The molecule has 0 heterocycles. The van der Waals surface area contributed by atoms with E-state index in [1.807, 2.05) is 24.3 Å². The first-order valence-electron chi connectivity index (χ1n) is 6.72. The number of carbonyl (C=O) groups is 1. The van der Waals surface area contributed by atoms with Crippen molar-refractivity contribution in [3.63, 3.8) is 0 Å². The minimum atomic E-state index is -4.30. The standard InChI is InChI=1S/C15H15BrN2O4S/c16-14-7-2-1-4-11(14)8-9-17-15(19)18-12-5-3-6-13(10-12)23(20,21)22/h1-7,10H,8-9H2,(H2,17,18,19)(H,20,21,22). The normalized spacial score (nSPS) is 11.0. The lowest BCUT2D eigenvalue weighted by Crippen LogP contribution is -2.30. The van der Waals surface area contributed by atoms with Crippen LogP contribution in [0.1, 0.15) is 5.56 Å². The fraction of sp³-hybridized carbons (Fsp3) is 0.133. The van der Waals surface area contributed by atoms with Gasteiger partial charge in [-0.25, -0.2) is 4.79 Å². The highest BCUT2D eigenvalue weighted by atomic mass is 79.9. The largest absolute Gasteiger partial charge is 0.338 e. The molecule has 0 atom stereocenters. The second-order valence-electron chi connectivity index (χ2n) is 4.73. The van der Waals surface area contributed by atoms with Crippen molar-refractivity contribution in [3.8, 4) is 0 Å². The summed E-state index contributed by atoms with van der Waals surface area (Å²) in [6, 6.07) is 12.6. The van der Waals surface area contributed by atoms with Gasteiger partial charge in [0.05, 0.1) is 4.90 Å². The van der Waals surface area contributed by atoms with E-state index in [2.05, 4.69) is 26.6 Å². The van der Waals surface area contributed by atoms with Gasteiger partial charge < -0.3 is 10.6 Å². The number of benzene rings is 2. The van der Waals surface area contributed by atoms with Crippen LogP contribution in [0.25, 0.3) is 0 Å². The van der Waals surface area contributed by atoms with Crippen molar-refractivity contribution in [2.45, 2.75) is 11.3 Å². The Morgan fingerprint density at radius 3 is 2.57 bits per heavy atom. The summed E-state index contributed by atoms with van der Waals surface area (Å²) in [7, 11) is -4.30. The minimum absolute atomic E-state index is 0.275. The van der Waals surface area contributed by atoms with Crippen LogP contribution in [0.5, 0.6) is 0 Å². The summed E-state index contributed by atoms with van der Waals surface area (Å²) in [4.78, 5) is 11.5. The Balaban J connectivity index is 1.89. The molecule has 3 N–H and O–H groups in total. The molecular weight excluding hydrogens is 384 g/mol. The number of anilines is 1. The number of amides is 2. The van der Waals surface area contributed by atoms with Crippen LogP contribution in [0.2, 0.25) is 0 Å². The van der Waals surface area contributed by atoms with Crippen molar-refractivity contribution in [2.24, 2.45) is 0 Å². The molecule has 0 aromatic heterocycles. The monoisotopic (exact) mass is 398 g/mol. The van der Waals surface area contributed by atoms with Gasteiger partial charge in [-0.2, -0.15) is 8.42 Å². The SMILES string of the molecule is O=C(NCCc1ccccc1Br)Nc1cccc(S(=O)(=O)O)c1. The Hall–Kier alpha value is -1.90. The zero-order valence-electron chi connectivity index (χ0n) is 12.0. The molecule has 0 aliphatic carbocycles. The highest BCUT2D eigenvalue weighted by Gasteiger charge is 2.10. The molecule has 8 heteroatoms. The summed E-state index contributed by atoms with van der Waals surface area (Å²) >= 11 is 3.43. The Morgan fingerprint density at radius 2 is 1.87 bits per heavy atom. The molecule has 0 bridgehead atoms. The molecule has 0 radical (unpaired) electrons. The van der Waals surface area contributed by atoms with Gasteiger partial charge >= 0.3 is 6.03 Å². The van der Waals surface area contributed by atoms with Gasteiger partial charge in [0, 0.05) is 16.7 Å². The van der Waals surface area contributed by atoms with Crippen LogP contribution in [-0.2, 0) is 16.5 Å². The van der Waals surface area contributed by atoms with E-state index >= 15 is 0 Å². The minimum Gasteiger partial charge on any atom is -0.338 e. The summed E-state index contributed by atoms with van der Waals surface area (Å²) in [5, 5.41) is 5.20. The predicted octanol–water partition coefficient (Wildman–Crippen LogP) is 3.06. The topological polar surface area (TPSA) is 95.5 Å². The Labute approximate surface area is 142 Å². The van der Waals surface area contributed by atoms with Gasteiger partial charge in [-0.15, -0.1) is 0 Å². The Bertz CT molecular complexity index is 809. The van der Waals surface area contributed by atoms with Crippen LogP contribution >= 0.6 is 15.9 Å². The molecule has 2 amide bonds. The van der Waals surface area contributed by atoms with Crippen molar-refractivity contribution >= 4 is 37.8 Å². The molecule has 0 saturated carbocycles. The summed E-state index contributed by atoms with van der Waals surface area (Å²) in [6.07, 6.45) is 0.653. The molecule has 0 spiro atoms. The number of halogens is 1. The van der Waals surface area contributed by atoms with Gasteiger partial charge in [0.2, 0.25) is 0 Å². The molecule has 0 fully saturated rings. The lowest BCUT2D eigenvalue weighted by molar-refractivity contribution is 0.252. The van der Waals surface area contributed by atoms with Crippen molar-refractivity contribution < 1.29 is 17.8 Å². The van der Waals surface area contributed by atoms with Gasteiger partial charge in [-0.05, 0) is 36.2 Å². The molecular formula is C15H15BrN2O4S. The fourth-order valence-electron chi connectivity index (χ4n) is 1.92. The third-order valence-corrected chi connectivity index (χ3v) is 4.65. The fourth-order valence-corrected chi connectivity index (χ4v) is 2.93. The Kier molecular flexibility index (Phi) is 5.75. The first-order valence-corrected chi connectivity index (χ1v) is 8.95. The summed E-state index contributed by atoms with van der Waals surface area (Å²) < 4.78 is 32.1. The molecule has 2 aromatic rings. The number of nitrogens with one attached hydrogen (secondary N) is 2. The van der Waals surface area contributed by atoms with E-state index in [1.165, 1.54) is 24.3 Å². The lowest BCUT2D eigenvalue weighted by Gasteiger charge is -2.09. The number of hydrogen-bond acceptors (Lipinski definition) is 3. The second kappa shape index (κ2) is 7.58. The first kappa shape index (κ1) is 17.5. The highest BCUT2D eigenvalue weighted by molar-refractivity contribution is 9.10. The van der Waals surface area contributed by atoms with Crippen LogP contribution in [0, 0.1) is 0 Å². The van der Waals surface area contributed by atoms with E-state index in [1.54, 1.807) is 0 Å². The first-order chi connectivity index (χ1) is 10.9. The van der Waals surface area contributed by atoms with Crippen LogP contribution < -0.4 is 10.6 Å². The predicted molar refractivity (Wildman–Crippen MR) is 91.1 cm³/mol.